The van der Waals surface area contributed by atoms with Gasteiger partial charge in [-0.25, -0.2) is 0 Å². The number of nitrogens with zero attached hydrogens (tertiary/aromatic N) is 1. The first-order valence-corrected chi connectivity index (χ1v) is 6.59. The van der Waals surface area contributed by atoms with Gasteiger partial charge in [0, 0.05) is 30.9 Å². The predicted octanol–water partition coefficient (Wildman–Crippen LogP) is 1.75. The van der Waals surface area contributed by atoms with Crippen molar-refractivity contribution in [3.8, 4) is 0 Å². The minimum atomic E-state index is -0.0222. The van der Waals surface area contributed by atoms with Gasteiger partial charge in [0.2, 0.25) is 5.91 Å². The quantitative estimate of drug-likeness (QED) is 0.814. The van der Waals surface area contributed by atoms with E-state index in [0.29, 0.717) is 6.04 Å². The molecule has 0 spiro atoms. The highest BCUT2D eigenvalue weighted by Crippen LogP contribution is 2.22. The van der Waals surface area contributed by atoms with Crippen molar-refractivity contribution in [2.24, 2.45) is 0 Å². The Hall–Kier alpha value is -0.910. The zero-order valence-electron chi connectivity index (χ0n) is 10.9. The number of hydrogen-bond donors (Lipinski definition) is 2. The van der Waals surface area contributed by atoms with E-state index in [1.165, 1.54) is 11.8 Å². The summed E-state index contributed by atoms with van der Waals surface area (Å²) in [5, 5.41) is 8.29. The van der Waals surface area contributed by atoms with Crippen molar-refractivity contribution >= 4 is 22.9 Å². The third kappa shape index (κ3) is 5.30. The Morgan fingerprint density at radius 3 is 2.82 bits per heavy atom. The first-order valence-electron chi connectivity index (χ1n) is 5.71. The molecule has 0 aliphatic rings. The number of hydrogen-bond acceptors (Lipinski definition) is 4. The van der Waals surface area contributed by atoms with Crippen LogP contribution in [0, 0.1) is 0 Å². The summed E-state index contributed by atoms with van der Waals surface area (Å²) in [5.41, 5.74) is 0.923. The molecule has 5 heteroatoms. The Morgan fingerprint density at radius 1 is 1.53 bits per heavy atom. The van der Waals surface area contributed by atoms with Gasteiger partial charge in [0.1, 0.15) is 0 Å². The second kappa shape index (κ2) is 6.74. The van der Waals surface area contributed by atoms with E-state index in [-0.39, 0.29) is 5.91 Å². The molecular weight excluding hydrogens is 234 g/mol. The predicted molar refractivity (Wildman–Crippen MR) is 73.5 cm³/mol. The molecule has 96 valence electrons. The molecule has 0 aliphatic heterocycles. The third-order valence-electron chi connectivity index (χ3n) is 2.31. The molecule has 1 aromatic heterocycles. The van der Waals surface area contributed by atoms with Crippen LogP contribution in [0.15, 0.2) is 11.4 Å². The van der Waals surface area contributed by atoms with E-state index in [9.17, 15) is 4.79 Å². The summed E-state index contributed by atoms with van der Waals surface area (Å²) in [4.78, 5) is 14.3. The van der Waals surface area contributed by atoms with E-state index in [4.69, 9.17) is 0 Å². The molecule has 0 aliphatic carbocycles. The Morgan fingerprint density at radius 2 is 2.24 bits per heavy atom. The van der Waals surface area contributed by atoms with Gasteiger partial charge in [0.05, 0.1) is 5.69 Å². The van der Waals surface area contributed by atoms with Crippen molar-refractivity contribution < 1.29 is 4.79 Å². The maximum absolute atomic E-state index is 11.0. The van der Waals surface area contributed by atoms with Crippen molar-refractivity contribution in [1.82, 2.24) is 10.2 Å². The second-order valence-corrected chi connectivity index (χ2v) is 5.48. The fourth-order valence-electron chi connectivity index (χ4n) is 1.66. The monoisotopic (exact) mass is 255 g/mol. The molecule has 1 rings (SSSR count). The number of carbonyl (C=O) groups excluding carboxylic acids is 1. The Labute approximate surface area is 107 Å². The van der Waals surface area contributed by atoms with Gasteiger partial charge in [0.15, 0.2) is 0 Å². The van der Waals surface area contributed by atoms with Gasteiger partial charge in [0.25, 0.3) is 0 Å². The highest BCUT2D eigenvalue weighted by atomic mass is 32.1. The van der Waals surface area contributed by atoms with Crippen molar-refractivity contribution in [2.75, 3.05) is 26.0 Å². The van der Waals surface area contributed by atoms with Crippen molar-refractivity contribution in [2.45, 2.75) is 26.4 Å². The van der Waals surface area contributed by atoms with Gasteiger partial charge in [-0.2, -0.15) is 0 Å². The molecule has 0 fully saturated rings. The van der Waals surface area contributed by atoms with E-state index in [1.807, 2.05) is 11.4 Å². The summed E-state index contributed by atoms with van der Waals surface area (Å²) in [6, 6.07) is 2.37. The van der Waals surface area contributed by atoms with Crippen LogP contribution in [0.2, 0.25) is 0 Å². The van der Waals surface area contributed by atoms with Crippen LogP contribution in [0.5, 0.6) is 0 Å². The van der Waals surface area contributed by atoms with E-state index in [0.717, 1.165) is 18.8 Å². The summed E-state index contributed by atoms with van der Waals surface area (Å²) >= 11 is 1.66. The lowest BCUT2D eigenvalue weighted by Gasteiger charge is -2.18. The molecular formula is C12H21N3OS. The van der Waals surface area contributed by atoms with Gasteiger partial charge in [-0.3, -0.25) is 4.79 Å². The summed E-state index contributed by atoms with van der Waals surface area (Å²) < 4.78 is 0. The highest BCUT2D eigenvalue weighted by molar-refractivity contribution is 7.10. The largest absolute Gasteiger partial charge is 0.325 e. The lowest BCUT2D eigenvalue weighted by Crippen LogP contribution is -2.35. The van der Waals surface area contributed by atoms with E-state index in [1.54, 1.807) is 11.3 Å². The van der Waals surface area contributed by atoms with Crippen LogP contribution in [0.4, 0.5) is 5.69 Å². The number of amides is 1. The lowest BCUT2D eigenvalue weighted by molar-refractivity contribution is -0.114. The van der Waals surface area contributed by atoms with Crippen LogP contribution in [-0.2, 0) is 11.3 Å². The van der Waals surface area contributed by atoms with E-state index in [2.05, 4.69) is 36.6 Å². The molecule has 17 heavy (non-hydrogen) atoms. The third-order valence-corrected chi connectivity index (χ3v) is 3.23. The van der Waals surface area contributed by atoms with Crippen LogP contribution in [0.1, 0.15) is 18.7 Å². The number of thiophene rings is 1. The molecule has 0 saturated carbocycles. The summed E-state index contributed by atoms with van der Waals surface area (Å²) in [6.07, 6.45) is 0. The zero-order chi connectivity index (χ0) is 12.8. The van der Waals surface area contributed by atoms with E-state index >= 15 is 0 Å². The second-order valence-electron chi connectivity index (χ2n) is 4.48. The first-order chi connectivity index (χ1) is 7.99. The molecule has 0 radical (unpaired) electrons. The molecule has 1 unspecified atom stereocenters. The van der Waals surface area contributed by atoms with Crippen molar-refractivity contribution in [3.05, 3.63) is 16.3 Å². The van der Waals surface area contributed by atoms with Crippen molar-refractivity contribution in [1.29, 1.82) is 0 Å². The molecule has 0 saturated heterocycles. The summed E-state index contributed by atoms with van der Waals surface area (Å²) in [6.45, 7) is 5.48. The SMILES string of the molecule is CC(=O)Nc1ccsc1CNC(C)CN(C)C. The number of anilines is 1. The zero-order valence-corrected chi connectivity index (χ0v) is 11.7. The van der Waals surface area contributed by atoms with Gasteiger partial charge in [-0.05, 0) is 32.5 Å². The molecule has 1 aromatic rings. The smallest absolute Gasteiger partial charge is 0.221 e. The maximum Gasteiger partial charge on any atom is 0.221 e. The molecule has 0 bridgehead atoms. The Balaban J connectivity index is 2.46. The average molecular weight is 255 g/mol. The lowest BCUT2D eigenvalue weighted by atomic mass is 10.3. The number of nitrogens with one attached hydrogen (secondary N) is 2. The molecule has 1 heterocycles. The fourth-order valence-corrected chi connectivity index (χ4v) is 2.44. The van der Waals surface area contributed by atoms with Crippen LogP contribution < -0.4 is 10.6 Å². The van der Waals surface area contributed by atoms with Gasteiger partial charge >= 0.3 is 0 Å². The maximum atomic E-state index is 11.0. The van der Waals surface area contributed by atoms with Crippen molar-refractivity contribution in [3.63, 3.8) is 0 Å². The molecule has 4 nitrogen and oxygen atoms in total. The Kier molecular flexibility index (Phi) is 5.61. The molecule has 1 amide bonds. The first kappa shape index (κ1) is 14.2. The standard InChI is InChI=1S/C12H21N3OS/c1-9(8-15(3)4)13-7-12-11(5-6-17-12)14-10(2)16/h5-6,9,13H,7-8H2,1-4H3,(H,14,16). The topological polar surface area (TPSA) is 44.4 Å². The average Bonchev–Trinajstić information content (AvgIpc) is 2.60. The minimum Gasteiger partial charge on any atom is -0.325 e. The van der Waals surface area contributed by atoms with E-state index < -0.39 is 0 Å². The normalized spacial score (nSPS) is 12.8. The molecule has 2 N–H and O–H groups in total. The molecule has 1 atom stereocenters. The number of rotatable bonds is 6. The number of likely N-dealkylation sites (N-methyl/N-ethyl adjacent to an activating group) is 1. The summed E-state index contributed by atoms with van der Waals surface area (Å²) in [7, 11) is 4.12. The van der Waals surface area contributed by atoms with Crippen LogP contribution in [0.3, 0.4) is 0 Å². The van der Waals surface area contributed by atoms with Crippen LogP contribution in [-0.4, -0.2) is 37.5 Å². The minimum absolute atomic E-state index is 0.0222. The van der Waals surface area contributed by atoms with Crippen LogP contribution >= 0.6 is 11.3 Å². The van der Waals surface area contributed by atoms with Gasteiger partial charge in [-0.1, -0.05) is 0 Å². The highest BCUT2D eigenvalue weighted by Gasteiger charge is 2.08. The van der Waals surface area contributed by atoms with Gasteiger partial charge in [-0.15, -0.1) is 11.3 Å². The fraction of sp³-hybridized carbons (Fsp3) is 0.583. The summed E-state index contributed by atoms with van der Waals surface area (Å²) in [5.74, 6) is -0.0222. The van der Waals surface area contributed by atoms with Gasteiger partial charge < -0.3 is 15.5 Å². The number of carbonyl (C=O) groups is 1. The van der Waals surface area contributed by atoms with Crippen LogP contribution in [0.25, 0.3) is 0 Å². The molecule has 0 aromatic carbocycles. The Bertz CT molecular complexity index is 362.